The molecule has 10 N–H and O–H groups in total. The molecule has 0 saturated heterocycles. The molecule has 0 fully saturated rings. The summed E-state index contributed by atoms with van der Waals surface area (Å²) in [4.78, 5) is 26.0. The van der Waals surface area contributed by atoms with Gasteiger partial charge in [-0.05, 0) is 34.4 Å². The molecule has 228 valence electrons. The van der Waals surface area contributed by atoms with Crippen LogP contribution in [0.4, 0.5) is 0 Å². The van der Waals surface area contributed by atoms with Gasteiger partial charge in [0.25, 0.3) is 0 Å². The first-order valence-corrected chi connectivity index (χ1v) is 12.8. The fourth-order valence-corrected chi connectivity index (χ4v) is 4.88. The first-order valence-electron chi connectivity index (χ1n) is 12.8. The summed E-state index contributed by atoms with van der Waals surface area (Å²) in [6.45, 7) is -4.90. The van der Waals surface area contributed by atoms with E-state index in [1.165, 1.54) is 34.1 Å². The second kappa shape index (κ2) is 16.2. The normalized spacial score (nSPS) is 13.1. The Morgan fingerprint density at radius 2 is 1.27 bits per heavy atom. The average Bonchev–Trinajstić information content (AvgIpc) is 2.94. The van der Waals surface area contributed by atoms with Gasteiger partial charge < -0.3 is 51.1 Å². The van der Waals surface area contributed by atoms with E-state index in [4.69, 9.17) is 0 Å². The lowest BCUT2D eigenvalue weighted by Gasteiger charge is -2.41. The van der Waals surface area contributed by atoms with Crippen LogP contribution >= 0.6 is 0 Å². The van der Waals surface area contributed by atoms with Gasteiger partial charge in [0.1, 0.15) is 11.5 Å². The summed E-state index contributed by atoms with van der Waals surface area (Å²) in [5, 5.41) is 100.0. The van der Waals surface area contributed by atoms with E-state index in [2.05, 4.69) is 0 Å². The lowest BCUT2D eigenvalue weighted by atomic mass is 9.97. The number of benzene rings is 2. The highest BCUT2D eigenvalue weighted by Crippen LogP contribution is 2.30. The molecule has 0 radical (unpaired) electrons. The average molecular weight is 583 g/mol. The molecule has 14 heteroatoms. The zero-order valence-electron chi connectivity index (χ0n) is 22.4. The number of carbonyl (C=O) groups is 2. The van der Waals surface area contributed by atoms with Crippen LogP contribution in [0.25, 0.3) is 0 Å². The Morgan fingerprint density at radius 1 is 0.659 bits per heavy atom. The number of carboxylic acids is 2. The molecule has 2 aromatic rings. The van der Waals surface area contributed by atoms with Gasteiger partial charge in [0.2, 0.25) is 0 Å². The SMILES string of the molecule is O=C(O)CCN(Cc1c(O)ccc(CO)c1CO)C(CO)C(CO)N(CC(=O)O)Cc1c(O)cc(CO)cc1CO. The molecular formula is C27H38N2O12. The molecule has 2 unspecified atom stereocenters. The Hall–Kier alpha value is -3.34. The standard InChI is InChI=1S/C27H38N2O12/c30-10-16-5-18(12-32)19(25(37)6-16)7-29(9-27(40)41)23(15-35)22(14-34)28(4-3-26(38)39)8-20-21(13-33)17(11-31)1-2-24(20)36/h1-2,5-6,22-23,30-37H,3-4,7-15H2,(H,38,39)(H,40,41). The summed E-state index contributed by atoms with van der Waals surface area (Å²) < 4.78 is 0. The number of hydrogen-bond acceptors (Lipinski definition) is 12. The molecule has 0 spiro atoms. The maximum Gasteiger partial charge on any atom is 0.317 e. The molecule has 0 heterocycles. The number of rotatable bonds is 18. The van der Waals surface area contributed by atoms with Crippen molar-refractivity contribution in [1.29, 1.82) is 0 Å². The Morgan fingerprint density at radius 3 is 1.78 bits per heavy atom. The largest absolute Gasteiger partial charge is 0.508 e. The lowest BCUT2D eigenvalue weighted by Crippen LogP contribution is -2.56. The maximum atomic E-state index is 11.8. The Balaban J connectivity index is 2.59. The van der Waals surface area contributed by atoms with E-state index in [0.717, 1.165) is 0 Å². The number of aromatic hydroxyl groups is 2. The van der Waals surface area contributed by atoms with Crippen LogP contribution in [0.3, 0.4) is 0 Å². The van der Waals surface area contributed by atoms with Gasteiger partial charge in [-0.1, -0.05) is 12.1 Å². The van der Waals surface area contributed by atoms with Crippen molar-refractivity contribution in [2.45, 2.75) is 58.0 Å². The van der Waals surface area contributed by atoms with E-state index in [1.807, 2.05) is 0 Å². The summed E-state index contributed by atoms with van der Waals surface area (Å²) in [5.41, 5.74) is 1.26. The monoisotopic (exact) mass is 582 g/mol. The van der Waals surface area contributed by atoms with Crippen LogP contribution in [0.2, 0.25) is 0 Å². The van der Waals surface area contributed by atoms with Crippen LogP contribution in [0.5, 0.6) is 11.5 Å². The highest BCUT2D eigenvalue weighted by molar-refractivity contribution is 5.69. The second-order valence-corrected chi connectivity index (χ2v) is 9.50. The number of aliphatic hydroxyl groups is 6. The quantitative estimate of drug-likeness (QED) is 0.0977. The fourth-order valence-electron chi connectivity index (χ4n) is 4.88. The number of hydrogen-bond donors (Lipinski definition) is 10. The molecule has 0 aliphatic carbocycles. The van der Waals surface area contributed by atoms with Crippen molar-refractivity contribution >= 4 is 11.9 Å². The van der Waals surface area contributed by atoms with Gasteiger partial charge in [-0.15, -0.1) is 0 Å². The van der Waals surface area contributed by atoms with Crippen LogP contribution in [0.1, 0.15) is 39.8 Å². The van der Waals surface area contributed by atoms with Gasteiger partial charge in [-0.25, -0.2) is 0 Å². The van der Waals surface area contributed by atoms with Crippen molar-refractivity contribution in [2.24, 2.45) is 0 Å². The van der Waals surface area contributed by atoms with Crippen molar-refractivity contribution < 1.29 is 60.7 Å². The summed E-state index contributed by atoms with van der Waals surface area (Å²) in [6, 6.07) is 3.08. The smallest absolute Gasteiger partial charge is 0.317 e. The predicted molar refractivity (Wildman–Crippen MR) is 142 cm³/mol. The second-order valence-electron chi connectivity index (χ2n) is 9.50. The molecule has 41 heavy (non-hydrogen) atoms. The molecule has 0 aliphatic heterocycles. The van der Waals surface area contributed by atoms with Gasteiger partial charge in [0, 0.05) is 30.8 Å². The number of nitrogens with zero attached hydrogens (tertiary/aromatic N) is 2. The van der Waals surface area contributed by atoms with Crippen molar-refractivity contribution in [3.8, 4) is 11.5 Å². The summed E-state index contributed by atoms with van der Waals surface area (Å²) in [5.74, 6) is -3.11. The van der Waals surface area contributed by atoms with Gasteiger partial charge in [0.15, 0.2) is 0 Å². The topological polar surface area (TPSA) is 243 Å². The molecule has 0 aliphatic rings. The van der Waals surface area contributed by atoms with Gasteiger partial charge in [-0.2, -0.15) is 0 Å². The van der Waals surface area contributed by atoms with Crippen molar-refractivity contribution in [3.05, 3.63) is 57.6 Å². The molecule has 14 nitrogen and oxygen atoms in total. The Kier molecular flexibility index (Phi) is 13.4. The first-order chi connectivity index (χ1) is 19.5. The minimum absolute atomic E-state index is 0.119. The van der Waals surface area contributed by atoms with Gasteiger partial charge in [0.05, 0.1) is 64.7 Å². The number of phenols is 2. The van der Waals surface area contributed by atoms with E-state index >= 15 is 0 Å². The summed E-state index contributed by atoms with van der Waals surface area (Å²) in [6.07, 6.45) is -0.430. The van der Waals surface area contributed by atoms with Crippen LogP contribution < -0.4 is 0 Å². The molecule has 2 atom stereocenters. The third-order valence-electron chi connectivity index (χ3n) is 6.99. The Bertz CT molecular complexity index is 1180. The van der Waals surface area contributed by atoms with E-state index in [-0.39, 0.29) is 53.4 Å². The molecule has 2 aromatic carbocycles. The van der Waals surface area contributed by atoms with Crippen molar-refractivity contribution in [1.82, 2.24) is 9.80 Å². The number of aliphatic carboxylic acids is 2. The predicted octanol–water partition coefficient (Wildman–Crippen LogP) is -1.35. The highest BCUT2D eigenvalue weighted by Gasteiger charge is 2.34. The van der Waals surface area contributed by atoms with Crippen LogP contribution in [0.15, 0.2) is 24.3 Å². The molecule has 0 amide bonds. The van der Waals surface area contributed by atoms with Gasteiger partial charge in [-0.3, -0.25) is 19.4 Å². The van der Waals surface area contributed by atoms with Gasteiger partial charge >= 0.3 is 11.9 Å². The summed E-state index contributed by atoms with van der Waals surface area (Å²) in [7, 11) is 0. The van der Waals surface area contributed by atoms with Crippen LogP contribution in [0, 0.1) is 0 Å². The Labute approximate surface area is 236 Å². The molecule has 2 rings (SSSR count). The van der Waals surface area contributed by atoms with E-state index in [1.54, 1.807) is 0 Å². The number of phenolic OH excluding ortho intramolecular Hbond substituents is 2. The molecular weight excluding hydrogens is 544 g/mol. The number of carboxylic acid groups (broad SMARTS) is 2. The highest BCUT2D eigenvalue weighted by atomic mass is 16.4. The molecule has 0 saturated carbocycles. The van der Waals surface area contributed by atoms with Crippen molar-refractivity contribution in [3.63, 3.8) is 0 Å². The van der Waals surface area contributed by atoms with Crippen LogP contribution in [-0.2, 0) is 49.1 Å². The third kappa shape index (κ3) is 8.82. The third-order valence-corrected chi connectivity index (χ3v) is 6.99. The van der Waals surface area contributed by atoms with Crippen molar-refractivity contribution in [2.75, 3.05) is 26.3 Å². The zero-order valence-corrected chi connectivity index (χ0v) is 22.4. The van der Waals surface area contributed by atoms with E-state index < -0.39 is 76.6 Å². The fraction of sp³-hybridized carbons (Fsp3) is 0.481. The first kappa shape index (κ1) is 33.9. The minimum Gasteiger partial charge on any atom is -0.508 e. The van der Waals surface area contributed by atoms with Crippen LogP contribution in [-0.4, -0.2) is 111 Å². The molecule has 0 aromatic heterocycles. The zero-order chi connectivity index (χ0) is 30.7. The molecule has 0 bridgehead atoms. The van der Waals surface area contributed by atoms with E-state index in [0.29, 0.717) is 11.1 Å². The van der Waals surface area contributed by atoms with E-state index in [9.17, 15) is 60.7 Å². The lowest BCUT2D eigenvalue weighted by molar-refractivity contribution is -0.140. The maximum absolute atomic E-state index is 11.8. The number of aliphatic hydroxyl groups excluding tert-OH is 6. The summed E-state index contributed by atoms with van der Waals surface area (Å²) >= 11 is 0. The minimum atomic E-state index is -1.31.